The van der Waals surface area contributed by atoms with Gasteiger partial charge in [0.05, 0.1) is 7.11 Å². The lowest BCUT2D eigenvalue weighted by Gasteiger charge is -2.05. The van der Waals surface area contributed by atoms with Crippen molar-refractivity contribution in [2.75, 3.05) is 13.0 Å². The molecule has 0 amide bonds. The predicted octanol–water partition coefficient (Wildman–Crippen LogP) is 4.63. The molecule has 0 fully saturated rings. The number of benzene rings is 1. The summed E-state index contributed by atoms with van der Waals surface area (Å²) in [4.78, 5) is 1.11. The summed E-state index contributed by atoms with van der Waals surface area (Å²) >= 11 is 7.35. The zero-order valence-corrected chi connectivity index (χ0v) is 11.8. The van der Waals surface area contributed by atoms with Crippen LogP contribution in [-0.2, 0) is 6.42 Å². The maximum atomic E-state index is 5.70. The minimum atomic E-state index is 0.572. The van der Waals surface area contributed by atoms with Gasteiger partial charge in [-0.15, -0.1) is 23.4 Å². The van der Waals surface area contributed by atoms with E-state index in [0.717, 1.165) is 22.6 Å². The smallest absolute Gasteiger partial charge is 0.118 e. The largest absolute Gasteiger partial charge is 0.497 e. The second-order valence-electron chi connectivity index (χ2n) is 3.78. The fourth-order valence-corrected chi connectivity index (χ4v) is 2.10. The maximum absolute atomic E-state index is 5.70. The third kappa shape index (κ3) is 5.33. The van der Waals surface area contributed by atoms with Gasteiger partial charge in [-0.25, -0.2) is 0 Å². The van der Waals surface area contributed by atoms with Crippen molar-refractivity contribution in [2.45, 2.75) is 13.3 Å². The summed E-state index contributed by atoms with van der Waals surface area (Å²) < 4.78 is 5.12. The molecule has 92 valence electrons. The van der Waals surface area contributed by atoms with Crippen LogP contribution < -0.4 is 4.74 Å². The molecule has 0 aliphatic rings. The summed E-state index contributed by atoms with van der Waals surface area (Å²) in [5, 5.41) is 2.05. The third-order valence-electron chi connectivity index (χ3n) is 2.20. The summed E-state index contributed by atoms with van der Waals surface area (Å²) in [6.07, 6.45) is 0.862. The lowest BCUT2D eigenvalue weighted by molar-refractivity contribution is 0.414. The number of alkyl halides is 1. The number of rotatable bonds is 6. The molecular formula is C14H17ClOS. The van der Waals surface area contributed by atoms with Crippen LogP contribution in [0.15, 0.2) is 46.7 Å². The van der Waals surface area contributed by atoms with Crippen molar-refractivity contribution < 1.29 is 4.74 Å². The van der Waals surface area contributed by atoms with E-state index < -0.39 is 0 Å². The fourth-order valence-electron chi connectivity index (χ4n) is 1.23. The highest BCUT2D eigenvalue weighted by molar-refractivity contribution is 8.05. The monoisotopic (exact) mass is 268 g/mol. The molecule has 1 aromatic carbocycles. The number of allylic oxidation sites excluding steroid dienone is 2. The molecule has 1 nitrogen and oxygen atoms in total. The highest BCUT2D eigenvalue weighted by Crippen LogP contribution is 2.22. The van der Waals surface area contributed by atoms with Crippen molar-refractivity contribution in [1.82, 2.24) is 0 Å². The maximum Gasteiger partial charge on any atom is 0.118 e. The van der Waals surface area contributed by atoms with Gasteiger partial charge in [-0.2, -0.15) is 0 Å². The van der Waals surface area contributed by atoms with Crippen molar-refractivity contribution in [1.29, 1.82) is 0 Å². The molecular weight excluding hydrogens is 252 g/mol. The van der Waals surface area contributed by atoms with Crippen LogP contribution in [0, 0.1) is 0 Å². The second-order valence-corrected chi connectivity index (χ2v) is 5.10. The Morgan fingerprint density at radius 1 is 1.41 bits per heavy atom. The third-order valence-corrected chi connectivity index (χ3v) is 3.62. The minimum Gasteiger partial charge on any atom is -0.497 e. The van der Waals surface area contributed by atoms with Gasteiger partial charge in [0.25, 0.3) is 0 Å². The lowest BCUT2D eigenvalue weighted by Crippen LogP contribution is -1.87. The molecule has 0 saturated heterocycles. The van der Waals surface area contributed by atoms with E-state index in [-0.39, 0.29) is 0 Å². The molecule has 0 aromatic heterocycles. The molecule has 0 atom stereocenters. The van der Waals surface area contributed by atoms with Crippen molar-refractivity contribution in [3.63, 3.8) is 0 Å². The normalized spacial score (nSPS) is 11.4. The number of ether oxygens (including phenoxy) is 1. The average Bonchev–Trinajstić information content (AvgIpc) is 2.36. The van der Waals surface area contributed by atoms with E-state index in [0.29, 0.717) is 5.88 Å². The van der Waals surface area contributed by atoms with Gasteiger partial charge in [-0.3, -0.25) is 0 Å². The minimum absolute atomic E-state index is 0.572. The Balaban J connectivity index is 2.50. The highest BCUT2D eigenvalue weighted by atomic mass is 35.5. The molecule has 1 rings (SSSR count). The lowest BCUT2D eigenvalue weighted by atomic mass is 10.1. The summed E-state index contributed by atoms with van der Waals surface area (Å²) in [5.41, 5.74) is 2.40. The van der Waals surface area contributed by atoms with E-state index in [4.69, 9.17) is 16.3 Å². The van der Waals surface area contributed by atoms with Crippen LogP contribution in [0.4, 0.5) is 0 Å². The Morgan fingerprint density at radius 2 is 2.06 bits per heavy atom. The van der Waals surface area contributed by atoms with Gasteiger partial charge in [0, 0.05) is 12.3 Å². The number of hydrogen-bond acceptors (Lipinski definition) is 2. The number of hydrogen-bond donors (Lipinski definition) is 0. The molecule has 1 aromatic rings. The van der Waals surface area contributed by atoms with Gasteiger partial charge < -0.3 is 4.74 Å². The molecule has 3 heteroatoms. The zero-order valence-electron chi connectivity index (χ0n) is 10.2. The fraction of sp³-hybridized carbons (Fsp3) is 0.286. The first kappa shape index (κ1) is 14.2. The number of methoxy groups -OCH3 is 1. The summed E-state index contributed by atoms with van der Waals surface area (Å²) in [7, 11) is 1.67. The van der Waals surface area contributed by atoms with Crippen LogP contribution in [0.1, 0.15) is 12.5 Å². The van der Waals surface area contributed by atoms with E-state index in [2.05, 4.69) is 24.1 Å². The van der Waals surface area contributed by atoms with Crippen LogP contribution >= 0.6 is 23.4 Å². The van der Waals surface area contributed by atoms with Gasteiger partial charge in [-0.1, -0.05) is 24.3 Å². The summed E-state index contributed by atoms with van der Waals surface area (Å²) in [6.45, 7) is 6.06. The topological polar surface area (TPSA) is 9.23 Å². The molecule has 0 aliphatic carbocycles. The number of halogens is 1. The van der Waals surface area contributed by atoms with Gasteiger partial charge in [0.2, 0.25) is 0 Å². The van der Waals surface area contributed by atoms with Gasteiger partial charge >= 0.3 is 0 Å². The van der Waals surface area contributed by atoms with Crippen molar-refractivity contribution in [3.8, 4) is 5.75 Å². The summed E-state index contributed by atoms with van der Waals surface area (Å²) in [6, 6.07) is 8.05. The first-order chi connectivity index (χ1) is 8.15. The quantitative estimate of drug-likeness (QED) is 0.696. The Morgan fingerprint density at radius 3 is 2.59 bits per heavy atom. The van der Waals surface area contributed by atoms with Crippen molar-refractivity contribution in [2.24, 2.45) is 0 Å². The van der Waals surface area contributed by atoms with E-state index in [1.54, 1.807) is 18.9 Å². The van der Waals surface area contributed by atoms with Crippen LogP contribution in [0.25, 0.3) is 0 Å². The average molecular weight is 269 g/mol. The molecule has 0 spiro atoms. The predicted molar refractivity (Wildman–Crippen MR) is 77.9 cm³/mol. The zero-order chi connectivity index (χ0) is 12.7. The van der Waals surface area contributed by atoms with Crippen molar-refractivity contribution >= 4 is 23.4 Å². The molecule has 0 heterocycles. The van der Waals surface area contributed by atoms with E-state index in [9.17, 15) is 0 Å². The Kier molecular flexibility index (Phi) is 6.23. The molecule has 0 unspecified atom stereocenters. The first-order valence-corrected chi connectivity index (χ1v) is 6.76. The van der Waals surface area contributed by atoms with E-state index in [1.165, 1.54) is 5.56 Å². The molecule has 0 aliphatic heterocycles. The van der Waals surface area contributed by atoms with E-state index in [1.807, 2.05) is 19.1 Å². The molecule has 0 bridgehead atoms. The summed E-state index contributed by atoms with van der Waals surface area (Å²) in [5.74, 6) is 1.45. The second kappa shape index (κ2) is 7.46. The highest BCUT2D eigenvalue weighted by Gasteiger charge is 1.98. The van der Waals surface area contributed by atoms with Crippen LogP contribution in [-0.4, -0.2) is 13.0 Å². The van der Waals surface area contributed by atoms with Crippen LogP contribution in [0.2, 0.25) is 0 Å². The SMILES string of the molecule is C=C(Cc1ccc(OC)cc1)S/C=C(\C)CCl. The number of thioether (sulfide) groups is 1. The Bertz CT molecular complexity index is 395. The van der Waals surface area contributed by atoms with Crippen molar-refractivity contribution in [3.05, 3.63) is 52.3 Å². The Hall–Kier alpha value is -0.860. The van der Waals surface area contributed by atoms with E-state index >= 15 is 0 Å². The molecule has 17 heavy (non-hydrogen) atoms. The molecule has 0 saturated carbocycles. The van der Waals surface area contributed by atoms with Gasteiger partial charge in [0.1, 0.15) is 5.75 Å². The Labute approximate surface area is 113 Å². The van der Waals surface area contributed by atoms with Gasteiger partial charge in [-0.05, 0) is 34.9 Å². The molecule has 0 radical (unpaired) electrons. The first-order valence-electron chi connectivity index (χ1n) is 5.34. The van der Waals surface area contributed by atoms with Crippen LogP contribution in [0.3, 0.4) is 0 Å². The molecule has 0 N–H and O–H groups in total. The van der Waals surface area contributed by atoms with Crippen LogP contribution in [0.5, 0.6) is 5.75 Å². The van der Waals surface area contributed by atoms with Gasteiger partial charge in [0.15, 0.2) is 0 Å². The standard InChI is InChI=1S/C14H17ClOS/c1-11(9-15)10-17-12(2)8-13-4-6-14(16-3)7-5-13/h4-7,10H,2,8-9H2,1,3H3/b11-10+.